The van der Waals surface area contributed by atoms with Crippen molar-refractivity contribution >= 4 is 11.9 Å². The summed E-state index contributed by atoms with van der Waals surface area (Å²) in [5.74, 6) is -4.00. The van der Waals surface area contributed by atoms with E-state index in [1.54, 1.807) is 0 Å². The second kappa shape index (κ2) is 5.73. The van der Waals surface area contributed by atoms with Crippen LogP contribution in [0.15, 0.2) is 0 Å². The summed E-state index contributed by atoms with van der Waals surface area (Å²) >= 11 is 0. The topological polar surface area (TPSA) is 80.3 Å². The Bertz CT molecular complexity index is 217. The minimum Gasteiger partial charge on any atom is -0.549 e. The third-order valence-corrected chi connectivity index (χ3v) is 3.16. The van der Waals surface area contributed by atoms with Gasteiger partial charge in [0.1, 0.15) is 0 Å². The van der Waals surface area contributed by atoms with Crippen LogP contribution in [0.4, 0.5) is 0 Å². The van der Waals surface area contributed by atoms with E-state index in [4.69, 9.17) is 0 Å². The summed E-state index contributed by atoms with van der Waals surface area (Å²) < 4.78 is 0. The van der Waals surface area contributed by atoms with Crippen molar-refractivity contribution in [1.82, 2.24) is 0 Å². The van der Waals surface area contributed by atoms with E-state index in [-0.39, 0.29) is 6.42 Å². The molecule has 0 amide bonds. The monoisotopic (exact) mass is 212 g/mol. The van der Waals surface area contributed by atoms with Crippen LogP contribution in [-0.2, 0) is 9.59 Å². The number of aliphatic carboxylic acids is 2. The Morgan fingerprint density at radius 2 is 1.60 bits per heavy atom. The van der Waals surface area contributed by atoms with Crippen molar-refractivity contribution in [3.63, 3.8) is 0 Å². The van der Waals surface area contributed by atoms with E-state index in [0.29, 0.717) is 12.3 Å². The molecule has 1 aliphatic rings. The quantitative estimate of drug-likeness (QED) is 0.573. The summed E-state index contributed by atoms with van der Waals surface area (Å²) in [7, 11) is 0. The molecule has 15 heavy (non-hydrogen) atoms. The minimum atomic E-state index is -1.52. The highest BCUT2D eigenvalue weighted by atomic mass is 16.4. The molecule has 4 heteroatoms. The van der Waals surface area contributed by atoms with Crippen LogP contribution in [0, 0.1) is 11.8 Å². The molecule has 0 bridgehead atoms. The Balaban J connectivity index is 2.32. The molecule has 0 aliphatic heterocycles. The van der Waals surface area contributed by atoms with Gasteiger partial charge in [0.25, 0.3) is 0 Å². The fourth-order valence-electron chi connectivity index (χ4n) is 2.21. The normalized spacial score (nSPS) is 17.9. The zero-order chi connectivity index (χ0) is 11.3. The van der Waals surface area contributed by atoms with E-state index >= 15 is 0 Å². The van der Waals surface area contributed by atoms with Gasteiger partial charge in [-0.1, -0.05) is 32.1 Å². The second-order valence-corrected chi connectivity index (χ2v) is 4.27. The maximum atomic E-state index is 10.5. The van der Waals surface area contributed by atoms with Crippen LogP contribution in [0.2, 0.25) is 0 Å². The van der Waals surface area contributed by atoms with Crippen molar-refractivity contribution in [2.24, 2.45) is 11.8 Å². The highest BCUT2D eigenvalue weighted by molar-refractivity contribution is 5.90. The average Bonchev–Trinajstić information content (AvgIpc) is 2.18. The van der Waals surface area contributed by atoms with Gasteiger partial charge in [0.05, 0.1) is 11.9 Å². The van der Waals surface area contributed by atoms with Crippen LogP contribution >= 0.6 is 0 Å². The third kappa shape index (κ3) is 3.90. The highest BCUT2D eigenvalue weighted by Crippen LogP contribution is 2.28. The van der Waals surface area contributed by atoms with Crippen LogP contribution in [0.1, 0.15) is 44.9 Å². The van der Waals surface area contributed by atoms with Gasteiger partial charge in [0.2, 0.25) is 0 Å². The van der Waals surface area contributed by atoms with Gasteiger partial charge >= 0.3 is 0 Å². The minimum absolute atomic E-state index is 0.148. The van der Waals surface area contributed by atoms with Gasteiger partial charge in [-0.15, -0.1) is 0 Å². The van der Waals surface area contributed by atoms with E-state index in [2.05, 4.69) is 0 Å². The summed E-state index contributed by atoms with van der Waals surface area (Å²) in [6.45, 7) is 0. The van der Waals surface area contributed by atoms with Gasteiger partial charge in [-0.3, -0.25) is 0 Å². The highest BCUT2D eigenvalue weighted by Gasteiger charge is 2.17. The number of rotatable bonds is 5. The van der Waals surface area contributed by atoms with Crippen LogP contribution in [-0.4, -0.2) is 11.9 Å². The van der Waals surface area contributed by atoms with E-state index in [0.717, 1.165) is 12.8 Å². The smallest absolute Gasteiger partial charge is 0.0501 e. The molecule has 0 aromatic rings. The fourth-order valence-corrected chi connectivity index (χ4v) is 2.21. The molecule has 0 aromatic carbocycles. The van der Waals surface area contributed by atoms with Gasteiger partial charge in [0.15, 0.2) is 0 Å². The van der Waals surface area contributed by atoms with E-state index < -0.39 is 17.9 Å². The summed E-state index contributed by atoms with van der Waals surface area (Å²) in [5, 5.41) is 21.0. The molecule has 4 nitrogen and oxygen atoms in total. The lowest BCUT2D eigenvalue weighted by Gasteiger charge is -2.25. The Morgan fingerprint density at radius 1 is 1.07 bits per heavy atom. The summed E-state index contributed by atoms with van der Waals surface area (Å²) in [4.78, 5) is 21.0. The predicted molar refractivity (Wildman–Crippen MR) is 49.3 cm³/mol. The van der Waals surface area contributed by atoms with Crippen LogP contribution in [0.5, 0.6) is 0 Å². The van der Waals surface area contributed by atoms with Gasteiger partial charge in [0, 0.05) is 5.92 Å². The van der Waals surface area contributed by atoms with Crippen molar-refractivity contribution in [1.29, 1.82) is 0 Å². The van der Waals surface area contributed by atoms with Gasteiger partial charge in [-0.25, -0.2) is 0 Å². The van der Waals surface area contributed by atoms with Gasteiger partial charge in [-0.05, 0) is 18.8 Å². The molecule has 0 saturated heterocycles. The molecule has 0 unspecified atom stereocenters. The molecule has 0 heterocycles. The lowest BCUT2D eigenvalue weighted by molar-refractivity contribution is -0.332. The van der Waals surface area contributed by atoms with Crippen molar-refractivity contribution in [3.05, 3.63) is 0 Å². The van der Waals surface area contributed by atoms with Crippen LogP contribution < -0.4 is 10.2 Å². The number of carboxylic acids is 2. The maximum absolute atomic E-state index is 10.5. The van der Waals surface area contributed by atoms with Crippen LogP contribution in [0.3, 0.4) is 0 Å². The first-order valence-corrected chi connectivity index (χ1v) is 5.53. The summed E-state index contributed by atoms with van der Waals surface area (Å²) in [5.41, 5.74) is 0. The standard InChI is InChI=1S/C11H18O4/c12-10(13)9(11(14)15)7-6-8-4-2-1-3-5-8/h8-9H,1-7H2,(H,12,13)(H,14,15)/p-2. The zero-order valence-electron chi connectivity index (χ0n) is 8.74. The lowest BCUT2D eigenvalue weighted by Crippen LogP contribution is -2.43. The largest absolute Gasteiger partial charge is 0.549 e. The maximum Gasteiger partial charge on any atom is 0.0501 e. The molecular weight excluding hydrogens is 196 g/mol. The number of hydrogen-bond donors (Lipinski definition) is 0. The molecule has 0 N–H and O–H groups in total. The molecule has 0 atom stereocenters. The number of carbonyl (C=O) groups excluding carboxylic acids is 2. The van der Waals surface area contributed by atoms with Crippen molar-refractivity contribution in [3.8, 4) is 0 Å². The molecule has 1 saturated carbocycles. The zero-order valence-corrected chi connectivity index (χ0v) is 8.74. The Labute approximate surface area is 89.3 Å². The first-order chi connectivity index (χ1) is 7.11. The number of carbonyl (C=O) groups is 2. The Kier molecular flexibility index (Phi) is 4.59. The molecule has 0 radical (unpaired) electrons. The third-order valence-electron chi connectivity index (χ3n) is 3.16. The molecule has 0 aromatic heterocycles. The lowest BCUT2D eigenvalue weighted by atomic mass is 9.84. The Hall–Kier alpha value is -1.06. The van der Waals surface area contributed by atoms with E-state index in [1.807, 2.05) is 0 Å². The SMILES string of the molecule is O=C([O-])C(CCC1CCCCC1)C(=O)[O-]. The fraction of sp³-hybridized carbons (Fsp3) is 0.818. The molecular formula is C11H16O4-2. The summed E-state index contributed by atoms with van der Waals surface area (Å²) in [6, 6.07) is 0. The van der Waals surface area contributed by atoms with Crippen molar-refractivity contribution < 1.29 is 19.8 Å². The first kappa shape index (κ1) is 12.0. The number of carboxylic acid groups (broad SMARTS) is 2. The molecule has 1 aliphatic carbocycles. The summed E-state index contributed by atoms with van der Waals surface area (Å²) in [6.07, 6.45) is 6.57. The van der Waals surface area contributed by atoms with E-state index in [1.165, 1.54) is 19.3 Å². The first-order valence-electron chi connectivity index (χ1n) is 5.53. The molecule has 86 valence electrons. The molecule has 1 fully saturated rings. The van der Waals surface area contributed by atoms with Crippen molar-refractivity contribution in [2.75, 3.05) is 0 Å². The van der Waals surface area contributed by atoms with Crippen LogP contribution in [0.25, 0.3) is 0 Å². The number of hydrogen-bond acceptors (Lipinski definition) is 4. The predicted octanol–water partition coefficient (Wildman–Crippen LogP) is -0.537. The average molecular weight is 212 g/mol. The molecule has 1 rings (SSSR count). The van der Waals surface area contributed by atoms with Crippen molar-refractivity contribution in [2.45, 2.75) is 44.9 Å². The Morgan fingerprint density at radius 3 is 2.07 bits per heavy atom. The van der Waals surface area contributed by atoms with Gasteiger partial charge in [-0.2, -0.15) is 0 Å². The van der Waals surface area contributed by atoms with Gasteiger partial charge < -0.3 is 19.8 Å². The van der Waals surface area contributed by atoms with E-state index in [9.17, 15) is 19.8 Å². The second-order valence-electron chi connectivity index (χ2n) is 4.27. The molecule has 0 spiro atoms.